The topological polar surface area (TPSA) is 112 Å². The Labute approximate surface area is 108 Å². The molecule has 2 heterocycles. The van der Waals surface area contributed by atoms with Crippen molar-refractivity contribution in [3.8, 4) is 0 Å². The van der Waals surface area contributed by atoms with Crippen LogP contribution in [0.1, 0.15) is 23.3 Å². The highest BCUT2D eigenvalue weighted by molar-refractivity contribution is 6.01. The number of carboxylic acid groups (broad SMARTS) is 1. The number of nitrogens with zero attached hydrogens (tertiary/aromatic N) is 3. The van der Waals surface area contributed by atoms with Crippen LogP contribution in [0.5, 0.6) is 0 Å². The second kappa shape index (κ2) is 5.01. The van der Waals surface area contributed by atoms with E-state index in [1.807, 2.05) is 0 Å². The van der Waals surface area contributed by atoms with Crippen LogP contribution < -0.4 is 5.32 Å². The van der Waals surface area contributed by atoms with E-state index in [1.165, 1.54) is 13.2 Å². The second-order valence-corrected chi connectivity index (χ2v) is 4.12. The Morgan fingerprint density at radius 3 is 2.74 bits per heavy atom. The molecule has 0 bridgehead atoms. The number of nitrogens with one attached hydrogen (secondary N) is 1. The number of rotatable bonds is 3. The molecule has 0 radical (unpaired) electrons. The highest BCUT2D eigenvalue weighted by atomic mass is 16.4. The Balaban J connectivity index is 2.07. The minimum Gasteiger partial charge on any atom is -0.476 e. The average molecular weight is 264 g/mol. The summed E-state index contributed by atoms with van der Waals surface area (Å²) in [4.78, 5) is 42.4. The molecule has 2 rings (SSSR count). The molecule has 100 valence electrons. The van der Waals surface area contributed by atoms with Crippen molar-refractivity contribution in [2.75, 3.05) is 12.4 Å². The van der Waals surface area contributed by atoms with E-state index < -0.39 is 12.0 Å². The van der Waals surface area contributed by atoms with Crippen LogP contribution in [0.2, 0.25) is 0 Å². The molecular weight excluding hydrogens is 252 g/mol. The molecule has 8 nitrogen and oxygen atoms in total. The first-order chi connectivity index (χ1) is 8.99. The number of hydrogen-bond donors (Lipinski definition) is 2. The van der Waals surface area contributed by atoms with Gasteiger partial charge in [-0.25, -0.2) is 14.8 Å². The molecule has 2 N–H and O–H groups in total. The normalized spacial score (nSPS) is 19.4. The standard InChI is InChI=1S/C11H12N4O4/c1-15-9(16)3-2-6(10(15)17)14-8-5-12-7(4-13-8)11(18)19/h4-6H,2-3H2,1H3,(H,13,14)(H,18,19). The lowest BCUT2D eigenvalue weighted by atomic mass is 10.0. The number of piperidine rings is 1. The van der Waals surface area contributed by atoms with Crippen LogP contribution in [0.3, 0.4) is 0 Å². The minimum atomic E-state index is -1.17. The molecule has 1 aromatic heterocycles. The van der Waals surface area contributed by atoms with Crippen molar-refractivity contribution in [1.29, 1.82) is 0 Å². The third-order valence-corrected chi connectivity index (χ3v) is 2.84. The van der Waals surface area contributed by atoms with E-state index in [4.69, 9.17) is 5.11 Å². The van der Waals surface area contributed by atoms with Crippen LogP contribution in [-0.4, -0.2) is 50.8 Å². The van der Waals surface area contributed by atoms with Crippen LogP contribution in [0.4, 0.5) is 5.82 Å². The maximum Gasteiger partial charge on any atom is 0.356 e. The van der Waals surface area contributed by atoms with Gasteiger partial charge in [-0.1, -0.05) is 0 Å². The monoisotopic (exact) mass is 264 g/mol. The Bertz CT molecular complexity index is 528. The minimum absolute atomic E-state index is 0.173. The van der Waals surface area contributed by atoms with Crippen LogP contribution in [0.25, 0.3) is 0 Å². The number of imide groups is 1. The molecular formula is C11H12N4O4. The number of anilines is 1. The number of likely N-dealkylation sites (tertiary alicyclic amines) is 1. The van der Waals surface area contributed by atoms with Gasteiger partial charge in [0.25, 0.3) is 5.91 Å². The Kier molecular flexibility index (Phi) is 3.41. The summed E-state index contributed by atoms with van der Waals surface area (Å²) in [5.41, 5.74) is -0.173. The third kappa shape index (κ3) is 2.67. The summed E-state index contributed by atoms with van der Waals surface area (Å²) in [6.45, 7) is 0. The fourth-order valence-corrected chi connectivity index (χ4v) is 1.74. The van der Waals surface area contributed by atoms with Crippen LogP contribution in [-0.2, 0) is 9.59 Å². The van der Waals surface area contributed by atoms with Gasteiger partial charge in [0.05, 0.1) is 12.4 Å². The highest BCUT2D eigenvalue weighted by Gasteiger charge is 2.31. The lowest BCUT2D eigenvalue weighted by Gasteiger charge is -2.28. The van der Waals surface area contributed by atoms with E-state index in [9.17, 15) is 14.4 Å². The highest BCUT2D eigenvalue weighted by Crippen LogP contribution is 2.15. The molecule has 1 unspecified atom stereocenters. The largest absolute Gasteiger partial charge is 0.476 e. The van der Waals surface area contributed by atoms with Gasteiger partial charge in [-0.05, 0) is 6.42 Å². The molecule has 19 heavy (non-hydrogen) atoms. The van der Waals surface area contributed by atoms with Crippen molar-refractivity contribution in [3.63, 3.8) is 0 Å². The molecule has 0 aromatic carbocycles. The van der Waals surface area contributed by atoms with Crippen LogP contribution in [0.15, 0.2) is 12.4 Å². The summed E-state index contributed by atoms with van der Waals surface area (Å²) in [6, 6.07) is -0.548. The molecule has 1 atom stereocenters. The van der Waals surface area contributed by atoms with Gasteiger partial charge >= 0.3 is 5.97 Å². The first kappa shape index (κ1) is 12.9. The first-order valence-electron chi connectivity index (χ1n) is 5.61. The lowest BCUT2D eigenvalue weighted by molar-refractivity contribution is -0.146. The fraction of sp³-hybridized carbons (Fsp3) is 0.364. The van der Waals surface area contributed by atoms with Gasteiger partial charge in [0.15, 0.2) is 5.69 Å². The van der Waals surface area contributed by atoms with Gasteiger partial charge in [0.2, 0.25) is 5.91 Å². The number of carbonyl (C=O) groups excluding carboxylic acids is 2. The van der Waals surface area contributed by atoms with Gasteiger partial charge in [-0.3, -0.25) is 14.5 Å². The van der Waals surface area contributed by atoms with Crippen molar-refractivity contribution < 1.29 is 19.5 Å². The zero-order valence-electron chi connectivity index (χ0n) is 10.2. The summed E-state index contributed by atoms with van der Waals surface area (Å²) in [7, 11) is 1.43. The van der Waals surface area contributed by atoms with E-state index in [0.717, 1.165) is 11.1 Å². The lowest BCUT2D eigenvalue weighted by Crippen LogP contribution is -2.48. The first-order valence-corrected chi connectivity index (χ1v) is 5.61. The number of carboxylic acids is 1. The number of aromatic carboxylic acids is 1. The van der Waals surface area contributed by atoms with Crippen molar-refractivity contribution in [2.24, 2.45) is 0 Å². The van der Waals surface area contributed by atoms with Crippen LogP contribution in [0, 0.1) is 0 Å². The number of amides is 2. The van der Waals surface area contributed by atoms with Gasteiger partial charge in [0.1, 0.15) is 11.9 Å². The molecule has 0 spiro atoms. The maximum absolute atomic E-state index is 11.8. The molecule has 8 heteroatoms. The Morgan fingerprint density at radius 2 is 2.16 bits per heavy atom. The fourth-order valence-electron chi connectivity index (χ4n) is 1.74. The number of likely N-dealkylation sites (N-methyl/N-ethyl adjacent to an activating group) is 1. The van der Waals surface area contributed by atoms with E-state index in [0.29, 0.717) is 12.2 Å². The van der Waals surface area contributed by atoms with E-state index in [2.05, 4.69) is 15.3 Å². The summed E-state index contributed by atoms with van der Waals surface area (Å²) >= 11 is 0. The van der Waals surface area contributed by atoms with Gasteiger partial charge in [-0.2, -0.15) is 0 Å². The average Bonchev–Trinajstić information content (AvgIpc) is 2.40. The van der Waals surface area contributed by atoms with Crippen molar-refractivity contribution >= 4 is 23.6 Å². The number of aromatic nitrogens is 2. The predicted octanol–water partition coefficient (Wildman–Crippen LogP) is -0.266. The maximum atomic E-state index is 11.8. The molecule has 1 aliphatic rings. The van der Waals surface area contributed by atoms with E-state index in [1.54, 1.807) is 0 Å². The number of hydrogen-bond acceptors (Lipinski definition) is 6. The summed E-state index contributed by atoms with van der Waals surface area (Å²) < 4.78 is 0. The van der Waals surface area contributed by atoms with Crippen molar-refractivity contribution in [3.05, 3.63) is 18.1 Å². The summed E-state index contributed by atoms with van der Waals surface area (Å²) in [5, 5.41) is 11.5. The molecule has 0 saturated carbocycles. The predicted molar refractivity (Wildman–Crippen MR) is 63.4 cm³/mol. The number of carbonyl (C=O) groups is 3. The Hall–Kier alpha value is -2.51. The van der Waals surface area contributed by atoms with Gasteiger partial charge < -0.3 is 10.4 Å². The van der Waals surface area contributed by atoms with Gasteiger partial charge in [0, 0.05) is 13.5 Å². The third-order valence-electron chi connectivity index (χ3n) is 2.84. The van der Waals surface area contributed by atoms with Gasteiger partial charge in [-0.15, -0.1) is 0 Å². The zero-order chi connectivity index (χ0) is 14.0. The summed E-state index contributed by atoms with van der Waals surface area (Å²) in [5.74, 6) is -1.42. The zero-order valence-corrected chi connectivity index (χ0v) is 10.2. The van der Waals surface area contributed by atoms with Crippen molar-refractivity contribution in [1.82, 2.24) is 14.9 Å². The molecule has 0 aliphatic carbocycles. The Morgan fingerprint density at radius 1 is 1.42 bits per heavy atom. The summed E-state index contributed by atoms with van der Waals surface area (Å²) in [6.07, 6.45) is 3.00. The molecule has 1 aliphatic heterocycles. The second-order valence-electron chi connectivity index (χ2n) is 4.12. The SMILES string of the molecule is CN1C(=O)CCC(Nc2cnc(C(=O)O)cn2)C1=O. The molecule has 2 amide bonds. The quantitative estimate of drug-likeness (QED) is 0.723. The van der Waals surface area contributed by atoms with E-state index in [-0.39, 0.29) is 23.9 Å². The smallest absolute Gasteiger partial charge is 0.356 e. The molecule has 1 saturated heterocycles. The molecule has 1 aromatic rings. The van der Waals surface area contributed by atoms with Crippen molar-refractivity contribution in [2.45, 2.75) is 18.9 Å². The van der Waals surface area contributed by atoms with Crippen LogP contribution >= 0.6 is 0 Å². The van der Waals surface area contributed by atoms with E-state index >= 15 is 0 Å². The molecule has 1 fully saturated rings.